The normalized spacial score (nSPS) is 10.2. The summed E-state index contributed by atoms with van der Waals surface area (Å²) in [7, 11) is 0. The Hall–Kier alpha value is -1.60. The van der Waals surface area contributed by atoms with Crippen LogP contribution in [0, 0.1) is 17.1 Å². The molecule has 16 heavy (non-hydrogen) atoms. The SMILES string of the molecule is CC(C)NCCNc1ccc(F)cc1C#N. The third-order valence-electron chi connectivity index (χ3n) is 2.10. The molecule has 0 aliphatic rings. The molecule has 0 atom stereocenters. The summed E-state index contributed by atoms with van der Waals surface area (Å²) in [6, 6.07) is 6.57. The predicted molar refractivity (Wildman–Crippen MR) is 62.7 cm³/mol. The van der Waals surface area contributed by atoms with Crippen LogP contribution in [0.5, 0.6) is 0 Å². The van der Waals surface area contributed by atoms with Crippen molar-refractivity contribution in [3.05, 3.63) is 29.6 Å². The monoisotopic (exact) mass is 221 g/mol. The quantitative estimate of drug-likeness (QED) is 0.749. The number of benzene rings is 1. The van der Waals surface area contributed by atoms with E-state index in [1.807, 2.05) is 6.07 Å². The standard InChI is InChI=1S/C12H16FN3/c1-9(2)15-5-6-16-12-4-3-11(13)7-10(12)8-14/h3-4,7,9,15-16H,5-6H2,1-2H3. The number of nitriles is 1. The van der Waals surface area contributed by atoms with Crippen molar-refractivity contribution in [3.8, 4) is 6.07 Å². The second kappa shape index (κ2) is 6.09. The lowest BCUT2D eigenvalue weighted by Gasteiger charge is -2.10. The van der Waals surface area contributed by atoms with Crippen molar-refractivity contribution in [1.82, 2.24) is 5.32 Å². The van der Waals surface area contributed by atoms with E-state index in [0.717, 1.165) is 6.54 Å². The Morgan fingerprint density at radius 1 is 1.38 bits per heavy atom. The molecule has 0 aliphatic carbocycles. The fraction of sp³-hybridized carbons (Fsp3) is 0.417. The van der Waals surface area contributed by atoms with Crippen LogP contribution in [0.3, 0.4) is 0 Å². The maximum absolute atomic E-state index is 12.8. The summed E-state index contributed by atoms with van der Waals surface area (Å²) < 4.78 is 12.8. The number of halogens is 1. The van der Waals surface area contributed by atoms with Crippen LogP contribution >= 0.6 is 0 Å². The zero-order chi connectivity index (χ0) is 12.0. The van der Waals surface area contributed by atoms with E-state index in [4.69, 9.17) is 5.26 Å². The minimum Gasteiger partial charge on any atom is -0.383 e. The Morgan fingerprint density at radius 2 is 2.12 bits per heavy atom. The molecule has 0 amide bonds. The van der Waals surface area contributed by atoms with E-state index in [1.54, 1.807) is 6.07 Å². The fourth-order valence-corrected chi connectivity index (χ4v) is 1.32. The summed E-state index contributed by atoms with van der Waals surface area (Å²) in [6.07, 6.45) is 0. The lowest BCUT2D eigenvalue weighted by atomic mass is 10.2. The molecule has 0 saturated carbocycles. The van der Waals surface area contributed by atoms with Gasteiger partial charge in [0.1, 0.15) is 11.9 Å². The topological polar surface area (TPSA) is 47.8 Å². The summed E-state index contributed by atoms with van der Waals surface area (Å²) in [4.78, 5) is 0. The summed E-state index contributed by atoms with van der Waals surface area (Å²) in [5.41, 5.74) is 1.01. The lowest BCUT2D eigenvalue weighted by molar-refractivity contribution is 0.602. The zero-order valence-electron chi connectivity index (χ0n) is 9.55. The molecule has 0 bridgehead atoms. The number of hydrogen-bond donors (Lipinski definition) is 2. The summed E-state index contributed by atoms with van der Waals surface area (Å²) in [5.74, 6) is -0.387. The van der Waals surface area contributed by atoms with Gasteiger partial charge in [0.15, 0.2) is 0 Å². The third kappa shape index (κ3) is 3.87. The van der Waals surface area contributed by atoms with Gasteiger partial charge in [-0.05, 0) is 18.2 Å². The van der Waals surface area contributed by atoms with Gasteiger partial charge in [-0.2, -0.15) is 5.26 Å². The van der Waals surface area contributed by atoms with E-state index in [2.05, 4.69) is 24.5 Å². The number of anilines is 1. The van der Waals surface area contributed by atoms with E-state index in [0.29, 0.717) is 23.8 Å². The highest BCUT2D eigenvalue weighted by Gasteiger charge is 2.02. The van der Waals surface area contributed by atoms with Gasteiger partial charge in [0.25, 0.3) is 0 Å². The zero-order valence-corrected chi connectivity index (χ0v) is 9.55. The van der Waals surface area contributed by atoms with Gasteiger partial charge in [0, 0.05) is 19.1 Å². The van der Waals surface area contributed by atoms with Crippen molar-refractivity contribution in [2.24, 2.45) is 0 Å². The number of nitrogens with zero attached hydrogens (tertiary/aromatic N) is 1. The van der Waals surface area contributed by atoms with Crippen molar-refractivity contribution in [2.45, 2.75) is 19.9 Å². The predicted octanol–water partition coefficient (Wildman–Crippen LogP) is 2.11. The van der Waals surface area contributed by atoms with E-state index < -0.39 is 0 Å². The maximum Gasteiger partial charge on any atom is 0.124 e. The number of hydrogen-bond acceptors (Lipinski definition) is 3. The van der Waals surface area contributed by atoms with Crippen LogP contribution in [-0.4, -0.2) is 19.1 Å². The minimum absolute atomic E-state index is 0.338. The van der Waals surface area contributed by atoms with Gasteiger partial charge in [-0.15, -0.1) is 0 Å². The Morgan fingerprint density at radius 3 is 2.75 bits per heavy atom. The molecule has 1 aromatic carbocycles. The second-order valence-corrected chi connectivity index (χ2v) is 3.84. The van der Waals surface area contributed by atoms with E-state index >= 15 is 0 Å². The van der Waals surface area contributed by atoms with Crippen molar-refractivity contribution < 1.29 is 4.39 Å². The van der Waals surface area contributed by atoms with Gasteiger partial charge < -0.3 is 10.6 Å². The van der Waals surface area contributed by atoms with Crippen molar-refractivity contribution >= 4 is 5.69 Å². The average molecular weight is 221 g/mol. The van der Waals surface area contributed by atoms with Crippen LogP contribution in [0.1, 0.15) is 19.4 Å². The maximum atomic E-state index is 12.8. The highest BCUT2D eigenvalue weighted by molar-refractivity contribution is 5.57. The first-order chi connectivity index (χ1) is 7.63. The number of nitrogens with one attached hydrogen (secondary N) is 2. The van der Waals surface area contributed by atoms with Gasteiger partial charge in [-0.1, -0.05) is 13.8 Å². The first kappa shape index (κ1) is 12.5. The van der Waals surface area contributed by atoms with Crippen LogP contribution in [0.4, 0.5) is 10.1 Å². The molecule has 1 rings (SSSR count). The first-order valence-corrected chi connectivity index (χ1v) is 5.30. The van der Waals surface area contributed by atoms with Crippen LogP contribution in [0.15, 0.2) is 18.2 Å². The van der Waals surface area contributed by atoms with Crippen LogP contribution in [0.2, 0.25) is 0 Å². The van der Waals surface area contributed by atoms with Gasteiger partial charge in [-0.3, -0.25) is 0 Å². The third-order valence-corrected chi connectivity index (χ3v) is 2.10. The van der Waals surface area contributed by atoms with Crippen LogP contribution < -0.4 is 10.6 Å². The molecule has 0 heterocycles. The second-order valence-electron chi connectivity index (χ2n) is 3.84. The van der Waals surface area contributed by atoms with Crippen molar-refractivity contribution in [2.75, 3.05) is 18.4 Å². The Kier molecular flexibility index (Phi) is 4.74. The first-order valence-electron chi connectivity index (χ1n) is 5.30. The lowest BCUT2D eigenvalue weighted by Crippen LogP contribution is -2.28. The fourth-order valence-electron chi connectivity index (χ4n) is 1.32. The largest absolute Gasteiger partial charge is 0.383 e. The average Bonchev–Trinajstić information content (AvgIpc) is 2.25. The van der Waals surface area contributed by atoms with Crippen LogP contribution in [0.25, 0.3) is 0 Å². The molecule has 2 N–H and O–H groups in total. The molecular formula is C12H16FN3. The van der Waals surface area contributed by atoms with Gasteiger partial charge in [-0.25, -0.2) is 4.39 Å². The van der Waals surface area contributed by atoms with Crippen molar-refractivity contribution in [3.63, 3.8) is 0 Å². The molecule has 86 valence electrons. The minimum atomic E-state index is -0.387. The summed E-state index contributed by atoms with van der Waals surface area (Å²) in [5, 5.41) is 15.2. The van der Waals surface area contributed by atoms with Gasteiger partial charge in [0.2, 0.25) is 0 Å². The molecular weight excluding hydrogens is 205 g/mol. The highest BCUT2D eigenvalue weighted by atomic mass is 19.1. The smallest absolute Gasteiger partial charge is 0.124 e. The summed E-state index contributed by atoms with van der Waals surface area (Å²) >= 11 is 0. The van der Waals surface area contributed by atoms with E-state index in [-0.39, 0.29) is 5.82 Å². The van der Waals surface area contributed by atoms with E-state index in [9.17, 15) is 4.39 Å². The molecule has 0 fully saturated rings. The Bertz CT molecular complexity index is 382. The highest BCUT2D eigenvalue weighted by Crippen LogP contribution is 2.15. The molecule has 4 heteroatoms. The summed E-state index contributed by atoms with van der Waals surface area (Å²) in [6.45, 7) is 5.65. The molecule has 0 saturated heterocycles. The molecule has 0 radical (unpaired) electrons. The van der Waals surface area contributed by atoms with Gasteiger partial charge in [0.05, 0.1) is 11.3 Å². The van der Waals surface area contributed by atoms with Crippen molar-refractivity contribution in [1.29, 1.82) is 5.26 Å². The van der Waals surface area contributed by atoms with Gasteiger partial charge >= 0.3 is 0 Å². The van der Waals surface area contributed by atoms with E-state index in [1.165, 1.54) is 12.1 Å². The molecule has 0 aromatic heterocycles. The molecule has 0 aliphatic heterocycles. The molecule has 0 spiro atoms. The Labute approximate surface area is 95.3 Å². The molecule has 0 unspecified atom stereocenters. The molecule has 3 nitrogen and oxygen atoms in total. The number of rotatable bonds is 5. The Balaban J connectivity index is 2.51. The molecule has 1 aromatic rings. The van der Waals surface area contributed by atoms with Crippen LogP contribution in [-0.2, 0) is 0 Å².